The number of nitrogens with one attached hydrogen (secondary N) is 1. The Hall–Kier alpha value is -2.07. The number of aromatic nitrogens is 1. The van der Waals surface area contributed by atoms with Crippen molar-refractivity contribution in [2.75, 3.05) is 12.4 Å². The molecule has 1 atom stereocenters. The van der Waals surface area contributed by atoms with Gasteiger partial charge in [0.25, 0.3) is 0 Å². The van der Waals surface area contributed by atoms with E-state index in [-0.39, 0.29) is 11.5 Å². The van der Waals surface area contributed by atoms with Crippen LogP contribution < -0.4 is 5.32 Å². The number of halogens is 1. The molecule has 0 unspecified atom stereocenters. The van der Waals surface area contributed by atoms with Crippen molar-refractivity contribution in [1.82, 2.24) is 4.98 Å². The van der Waals surface area contributed by atoms with Crippen LogP contribution in [0, 0.1) is 0 Å². The number of pyridine rings is 1. The molecule has 5 heteroatoms. The lowest BCUT2D eigenvalue weighted by molar-refractivity contribution is 0.0600. The van der Waals surface area contributed by atoms with Gasteiger partial charge in [-0.1, -0.05) is 23.7 Å². The third kappa shape index (κ3) is 2.47. The third-order valence-corrected chi connectivity index (χ3v) is 4.02. The molecule has 0 bridgehead atoms. The molecule has 1 aliphatic rings. The molecule has 2 aromatic rings. The smallest absolute Gasteiger partial charge is 0.339 e. The fraction of sp³-hybridized carbons (Fsp3) is 0.250. The molecule has 0 amide bonds. The van der Waals surface area contributed by atoms with E-state index in [1.165, 1.54) is 13.3 Å². The number of ether oxygens (including phenoxy) is 1. The maximum absolute atomic E-state index is 11.6. The molecule has 0 radical (unpaired) electrons. The van der Waals surface area contributed by atoms with Gasteiger partial charge in [0, 0.05) is 17.6 Å². The molecule has 0 saturated carbocycles. The van der Waals surface area contributed by atoms with Crippen molar-refractivity contribution >= 4 is 23.4 Å². The number of carbonyl (C=O) groups excluding carboxylic acids is 1. The highest BCUT2D eigenvalue weighted by molar-refractivity contribution is 6.30. The van der Waals surface area contributed by atoms with Crippen molar-refractivity contribution in [3.63, 3.8) is 0 Å². The van der Waals surface area contributed by atoms with Crippen molar-refractivity contribution in [2.24, 2.45) is 0 Å². The number of hydrogen-bond donors (Lipinski definition) is 1. The second-order valence-electron chi connectivity index (χ2n) is 5.37. The highest BCUT2D eigenvalue weighted by Crippen LogP contribution is 2.38. The summed E-state index contributed by atoms with van der Waals surface area (Å²) >= 11 is 6.08. The number of methoxy groups -OCH3 is 1. The lowest BCUT2D eigenvalue weighted by atomic mass is 9.89. The number of nitrogens with zero attached hydrogens (tertiary/aromatic N) is 1. The number of hydrogen-bond acceptors (Lipinski definition) is 4. The Kier molecular flexibility index (Phi) is 3.33. The number of rotatable bonds is 2. The van der Waals surface area contributed by atoms with Gasteiger partial charge in [-0.05, 0) is 36.2 Å². The van der Waals surface area contributed by atoms with E-state index < -0.39 is 0 Å². The van der Waals surface area contributed by atoms with Crippen LogP contribution in [0.1, 0.15) is 28.4 Å². The van der Waals surface area contributed by atoms with Gasteiger partial charge in [-0.3, -0.25) is 0 Å². The molecule has 0 spiro atoms. The zero-order valence-corrected chi connectivity index (χ0v) is 12.6. The highest BCUT2D eigenvalue weighted by Gasteiger charge is 2.35. The van der Waals surface area contributed by atoms with Gasteiger partial charge in [0.05, 0.1) is 18.2 Å². The standard InChI is InChI=1S/C16H15ClN2O2/c1-16(12-4-3-5-13(17)7-12)8-10-6-11(15(20)21-2)9-18-14(10)19-16/h3-7,9H,8H2,1-2H3,(H,18,19)/t16-/m0/s1. The second kappa shape index (κ2) is 5.04. The maximum Gasteiger partial charge on any atom is 0.339 e. The summed E-state index contributed by atoms with van der Waals surface area (Å²) < 4.78 is 4.73. The number of fused-ring (bicyclic) bond motifs is 1. The minimum atomic E-state index is -0.373. The van der Waals surface area contributed by atoms with E-state index in [9.17, 15) is 4.79 Å². The normalized spacial score (nSPS) is 19.8. The molecule has 3 rings (SSSR count). The Bertz CT molecular complexity index is 717. The van der Waals surface area contributed by atoms with Crippen LogP contribution in [-0.2, 0) is 16.7 Å². The summed E-state index contributed by atoms with van der Waals surface area (Å²) in [5.74, 6) is 0.423. The molecule has 0 fully saturated rings. The summed E-state index contributed by atoms with van der Waals surface area (Å²) in [7, 11) is 1.36. The van der Waals surface area contributed by atoms with Gasteiger partial charge in [-0.2, -0.15) is 0 Å². The topological polar surface area (TPSA) is 51.2 Å². The summed E-state index contributed by atoms with van der Waals surface area (Å²) in [6.07, 6.45) is 2.27. The van der Waals surface area contributed by atoms with Gasteiger partial charge in [-0.15, -0.1) is 0 Å². The van der Waals surface area contributed by atoms with Crippen LogP contribution in [0.2, 0.25) is 5.02 Å². The number of esters is 1. The summed E-state index contributed by atoms with van der Waals surface area (Å²) in [5.41, 5.74) is 2.27. The fourth-order valence-corrected chi connectivity index (χ4v) is 2.87. The fourth-order valence-electron chi connectivity index (χ4n) is 2.68. The largest absolute Gasteiger partial charge is 0.465 e. The Balaban J connectivity index is 1.95. The molecule has 0 aliphatic carbocycles. The van der Waals surface area contributed by atoms with Crippen LogP contribution in [0.5, 0.6) is 0 Å². The Morgan fingerprint density at radius 3 is 2.95 bits per heavy atom. The number of carbonyl (C=O) groups is 1. The highest BCUT2D eigenvalue weighted by atomic mass is 35.5. The molecule has 1 aromatic heterocycles. The van der Waals surface area contributed by atoms with E-state index in [4.69, 9.17) is 16.3 Å². The molecule has 4 nitrogen and oxygen atoms in total. The summed E-state index contributed by atoms with van der Waals surface area (Å²) in [4.78, 5) is 15.9. The predicted molar refractivity (Wildman–Crippen MR) is 81.7 cm³/mol. The van der Waals surface area contributed by atoms with Crippen LogP contribution >= 0.6 is 11.6 Å². The second-order valence-corrected chi connectivity index (χ2v) is 5.80. The van der Waals surface area contributed by atoms with Crippen LogP contribution in [0.3, 0.4) is 0 Å². The minimum Gasteiger partial charge on any atom is -0.465 e. The van der Waals surface area contributed by atoms with Gasteiger partial charge < -0.3 is 10.1 Å². The Morgan fingerprint density at radius 1 is 1.43 bits per heavy atom. The molecule has 1 aromatic carbocycles. The molecule has 1 N–H and O–H groups in total. The van der Waals surface area contributed by atoms with Crippen molar-refractivity contribution in [2.45, 2.75) is 18.9 Å². The Labute approximate surface area is 128 Å². The van der Waals surface area contributed by atoms with E-state index in [0.717, 1.165) is 23.4 Å². The van der Waals surface area contributed by atoms with Gasteiger partial charge >= 0.3 is 5.97 Å². The molecule has 1 aliphatic heterocycles. The van der Waals surface area contributed by atoms with Crippen LogP contribution in [-0.4, -0.2) is 18.1 Å². The Morgan fingerprint density at radius 2 is 2.24 bits per heavy atom. The summed E-state index contributed by atoms with van der Waals surface area (Å²) in [6, 6.07) is 9.59. The summed E-state index contributed by atoms with van der Waals surface area (Å²) in [5, 5.41) is 4.12. The maximum atomic E-state index is 11.6. The third-order valence-electron chi connectivity index (χ3n) is 3.79. The van der Waals surface area contributed by atoms with E-state index in [1.807, 2.05) is 30.3 Å². The van der Waals surface area contributed by atoms with Gasteiger partial charge in [0.2, 0.25) is 0 Å². The SMILES string of the molecule is COC(=O)c1cnc2c(c1)C[C@@](C)(c1cccc(Cl)c1)N2. The van der Waals surface area contributed by atoms with E-state index in [2.05, 4.69) is 17.2 Å². The first-order valence-corrected chi connectivity index (χ1v) is 7.01. The number of anilines is 1. The molecule has 2 heterocycles. The van der Waals surface area contributed by atoms with Gasteiger partial charge in [0.15, 0.2) is 0 Å². The molecule has 0 saturated heterocycles. The van der Waals surface area contributed by atoms with Crippen molar-refractivity contribution in [3.05, 3.63) is 58.2 Å². The first-order chi connectivity index (χ1) is 10.0. The average molecular weight is 303 g/mol. The quantitative estimate of drug-likeness (QED) is 0.864. The minimum absolute atomic E-state index is 0.283. The van der Waals surface area contributed by atoms with E-state index >= 15 is 0 Å². The monoisotopic (exact) mass is 302 g/mol. The van der Waals surface area contributed by atoms with Crippen LogP contribution in [0.25, 0.3) is 0 Å². The average Bonchev–Trinajstić information content (AvgIpc) is 2.83. The lowest BCUT2D eigenvalue weighted by Gasteiger charge is -2.25. The zero-order chi connectivity index (χ0) is 15.0. The van der Waals surface area contributed by atoms with E-state index in [0.29, 0.717) is 10.6 Å². The predicted octanol–water partition coefficient (Wildman–Crippen LogP) is 3.41. The van der Waals surface area contributed by atoms with Crippen molar-refractivity contribution in [1.29, 1.82) is 0 Å². The van der Waals surface area contributed by atoms with Crippen LogP contribution in [0.15, 0.2) is 36.5 Å². The molecule has 108 valence electrons. The van der Waals surface area contributed by atoms with Crippen molar-refractivity contribution in [3.8, 4) is 0 Å². The zero-order valence-electron chi connectivity index (χ0n) is 11.8. The first-order valence-electron chi connectivity index (χ1n) is 6.63. The molecular weight excluding hydrogens is 288 g/mol. The lowest BCUT2D eigenvalue weighted by Crippen LogP contribution is -2.29. The molecule has 21 heavy (non-hydrogen) atoms. The van der Waals surface area contributed by atoms with Crippen molar-refractivity contribution < 1.29 is 9.53 Å². The molecular formula is C16H15ClN2O2. The first kappa shape index (κ1) is 13.9. The van der Waals surface area contributed by atoms with Crippen LogP contribution in [0.4, 0.5) is 5.82 Å². The number of benzene rings is 1. The van der Waals surface area contributed by atoms with E-state index in [1.54, 1.807) is 0 Å². The van der Waals surface area contributed by atoms with Gasteiger partial charge in [0.1, 0.15) is 5.82 Å². The summed E-state index contributed by atoms with van der Waals surface area (Å²) in [6.45, 7) is 2.10. The van der Waals surface area contributed by atoms with Gasteiger partial charge in [-0.25, -0.2) is 9.78 Å².